The number of anilines is 2. The average Bonchev–Trinajstić information content (AvgIpc) is 3.25. The third-order valence-corrected chi connectivity index (χ3v) is 6.18. The van der Waals surface area contributed by atoms with E-state index in [2.05, 4.69) is 51.5 Å². The largest absolute Gasteiger partial charge is 0.355 e. The maximum absolute atomic E-state index is 12.8. The number of pyridine rings is 1. The van der Waals surface area contributed by atoms with Gasteiger partial charge < -0.3 is 25.0 Å². The van der Waals surface area contributed by atoms with Gasteiger partial charge in [0.05, 0.1) is 5.69 Å². The van der Waals surface area contributed by atoms with Gasteiger partial charge in [0.25, 0.3) is 0 Å². The van der Waals surface area contributed by atoms with Gasteiger partial charge in [-0.15, -0.1) is 0 Å². The van der Waals surface area contributed by atoms with Crippen LogP contribution < -0.4 is 5.32 Å². The Balaban J connectivity index is 1.31. The number of rotatable bonds is 3. The van der Waals surface area contributed by atoms with Crippen LogP contribution in [0.5, 0.6) is 0 Å². The molecule has 31 heavy (non-hydrogen) atoms. The van der Waals surface area contributed by atoms with Gasteiger partial charge in [-0.3, -0.25) is 0 Å². The molecular formula is C24H28N6O. The highest BCUT2D eigenvalue weighted by atomic mass is 16.2. The van der Waals surface area contributed by atoms with E-state index in [1.807, 2.05) is 40.3 Å². The highest BCUT2D eigenvalue weighted by Gasteiger charge is 2.25. The van der Waals surface area contributed by atoms with Crippen molar-refractivity contribution in [1.82, 2.24) is 24.7 Å². The molecule has 1 aromatic carbocycles. The van der Waals surface area contributed by atoms with Crippen molar-refractivity contribution in [3.05, 3.63) is 60.4 Å². The lowest BCUT2D eigenvalue weighted by Gasteiger charge is -2.37. The number of carbonyl (C=O) groups is 1. The summed E-state index contributed by atoms with van der Waals surface area (Å²) in [6.07, 6.45) is 4.83. The molecule has 0 saturated carbocycles. The fraction of sp³-hybridized carbons (Fsp3) is 0.333. The molecule has 3 aromatic rings. The van der Waals surface area contributed by atoms with Crippen molar-refractivity contribution in [3.8, 4) is 0 Å². The Morgan fingerprint density at radius 2 is 1.84 bits per heavy atom. The summed E-state index contributed by atoms with van der Waals surface area (Å²) in [5.74, 6) is 0. The Morgan fingerprint density at radius 3 is 2.58 bits per heavy atom. The van der Waals surface area contributed by atoms with Crippen molar-refractivity contribution in [3.63, 3.8) is 0 Å². The van der Waals surface area contributed by atoms with Crippen molar-refractivity contribution in [2.45, 2.75) is 6.42 Å². The van der Waals surface area contributed by atoms with Gasteiger partial charge >= 0.3 is 6.03 Å². The molecule has 0 spiro atoms. The van der Waals surface area contributed by atoms with E-state index in [0.717, 1.165) is 67.2 Å². The van der Waals surface area contributed by atoms with Crippen LogP contribution in [0.4, 0.5) is 16.2 Å². The van der Waals surface area contributed by atoms with E-state index in [-0.39, 0.29) is 6.03 Å². The molecule has 0 aliphatic carbocycles. The normalized spacial score (nSPS) is 17.6. The molecular weight excluding hydrogens is 388 g/mol. The zero-order valence-electron chi connectivity index (χ0n) is 17.8. The van der Waals surface area contributed by atoms with Crippen LogP contribution in [-0.2, 0) is 0 Å². The second-order valence-electron chi connectivity index (χ2n) is 8.29. The lowest BCUT2D eigenvalue weighted by atomic mass is 10.0. The minimum Gasteiger partial charge on any atom is -0.355 e. The number of aromatic nitrogens is 2. The van der Waals surface area contributed by atoms with Gasteiger partial charge in [0, 0.05) is 62.2 Å². The summed E-state index contributed by atoms with van der Waals surface area (Å²) in [6.45, 7) is 4.91. The van der Waals surface area contributed by atoms with E-state index >= 15 is 0 Å². The van der Waals surface area contributed by atoms with Gasteiger partial charge in [-0.25, -0.2) is 9.78 Å². The van der Waals surface area contributed by atoms with Crippen LogP contribution in [0.1, 0.15) is 12.1 Å². The average molecular weight is 417 g/mol. The quantitative estimate of drug-likeness (QED) is 0.682. The van der Waals surface area contributed by atoms with Crippen molar-refractivity contribution < 1.29 is 4.79 Å². The van der Waals surface area contributed by atoms with Crippen molar-refractivity contribution in [1.29, 1.82) is 0 Å². The van der Waals surface area contributed by atoms with E-state index in [1.54, 1.807) is 0 Å². The summed E-state index contributed by atoms with van der Waals surface area (Å²) < 4.78 is 0. The standard InChI is InChI=1S/C24H28N6O/c1-28-13-15-30(16-14-28)24(31)29-11-8-18(9-12-29)22-17-20-21(7-10-25-23(20)27-22)26-19-5-3-2-4-6-19/h2-8,10,17H,9,11-16H2,1H3,(H2,25,26,27). The Kier molecular flexibility index (Phi) is 5.34. The number of likely N-dealkylation sites (N-methyl/N-ethyl adjacent to an activating group) is 1. The van der Waals surface area contributed by atoms with Gasteiger partial charge in [0.2, 0.25) is 0 Å². The van der Waals surface area contributed by atoms with Crippen LogP contribution in [0.2, 0.25) is 0 Å². The zero-order chi connectivity index (χ0) is 21.2. The number of piperazine rings is 1. The van der Waals surface area contributed by atoms with Gasteiger partial charge in [-0.05, 0) is 43.3 Å². The van der Waals surface area contributed by atoms with Crippen LogP contribution in [-0.4, -0.2) is 77.0 Å². The number of aromatic amines is 1. The summed E-state index contributed by atoms with van der Waals surface area (Å²) >= 11 is 0. The molecule has 2 aliphatic rings. The minimum atomic E-state index is 0.163. The molecule has 2 amide bonds. The number of carbonyl (C=O) groups excluding carboxylic acids is 1. The second-order valence-corrected chi connectivity index (χ2v) is 8.29. The Morgan fingerprint density at radius 1 is 1.03 bits per heavy atom. The second kappa shape index (κ2) is 8.43. The maximum atomic E-state index is 12.8. The third kappa shape index (κ3) is 4.14. The van der Waals surface area contributed by atoms with E-state index in [0.29, 0.717) is 6.54 Å². The van der Waals surface area contributed by atoms with Crippen LogP contribution in [0.15, 0.2) is 54.7 Å². The fourth-order valence-electron chi connectivity index (χ4n) is 4.27. The third-order valence-electron chi connectivity index (χ3n) is 6.18. The minimum absolute atomic E-state index is 0.163. The molecule has 2 aromatic heterocycles. The highest BCUT2D eigenvalue weighted by Crippen LogP contribution is 2.30. The SMILES string of the molecule is CN1CCN(C(=O)N2CC=C(c3cc4c(Nc5ccccc5)ccnc4[nH]3)CC2)CC1. The van der Waals surface area contributed by atoms with Crippen LogP contribution in [0.25, 0.3) is 16.6 Å². The zero-order valence-corrected chi connectivity index (χ0v) is 17.8. The summed E-state index contributed by atoms with van der Waals surface area (Å²) in [4.78, 5) is 27.0. The van der Waals surface area contributed by atoms with Crippen molar-refractivity contribution >= 4 is 34.0 Å². The monoisotopic (exact) mass is 416 g/mol. The lowest BCUT2D eigenvalue weighted by molar-refractivity contribution is 0.125. The molecule has 5 rings (SSSR count). The Bertz CT molecular complexity index is 1100. The molecule has 4 heterocycles. The molecule has 7 heteroatoms. The molecule has 0 radical (unpaired) electrons. The molecule has 7 nitrogen and oxygen atoms in total. The van der Waals surface area contributed by atoms with Gasteiger partial charge in [0.15, 0.2) is 0 Å². The molecule has 0 bridgehead atoms. The molecule has 0 unspecified atom stereocenters. The number of amides is 2. The first-order valence-corrected chi connectivity index (χ1v) is 10.9. The molecule has 1 saturated heterocycles. The number of H-pyrrole nitrogens is 1. The van der Waals surface area contributed by atoms with E-state index in [4.69, 9.17) is 0 Å². The number of urea groups is 1. The van der Waals surface area contributed by atoms with Crippen LogP contribution in [0, 0.1) is 0 Å². The number of benzene rings is 1. The predicted molar refractivity (Wildman–Crippen MR) is 124 cm³/mol. The molecule has 160 valence electrons. The Hall–Kier alpha value is -3.32. The number of hydrogen-bond donors (Lipinski definition) is 2. The number of nitrogens with zero attached hydrogens (tertiary/aromatic N) is 4. The molecule has 1 fully saturated rings. The smallest absolute Gasteiger partial charge is 0.320 e. The first-order valence-electron chi connectivity index (χ1n) is 10.9. The number of para-hydroxylation sites is 1. The van der Waals surface area contributed by atoms with Crippen molar-refractivity contribution in [2.24, 2.45) is 0 Å². The van der Waals surface area contributed by atoms with Gasteiger partial charge in [-0.2, -0.15) is 0 Å². The lowest BCUT2D eigenvalue weighted by Crippen LogP contribution is -2.52. The van der Waals surface area contributed by atoms with Crippen LogP contribution in [0.3, 0.4) is 0 Å². The Labute approximate surface area is 182 Å². The number of fused-ring (bicyclic) bond motifs is 1. The maximum Gasteiger partial charge on any atom is 0.320 e. The summed E-state index contributed by atoms with van der Waals surface area (Å²) in [7, 11) is 2.10. The molecule has 2 aliphatic heterocycles. The number of nitrogens with one attached hydrogen (secondary N) is 2. The summed E-state index contributed by atoms with van der Waals surface area (Å²) in [5.41, 5.74) is 5.27. The number of hydrogen-bond acceptors (Lipinski definition) is 4. The summed E-state index contributed by atoms with van der Waals surface area (Å²) in [6, 6.07) is 14.5. The van der Waals surface area contributed by atoms with Crippen molar-refractivity contribution in [2.75, 3.05) is 51.6 Å². The molecule has 2 N–H and O–H groups in total. The molecule has 0 atom stereocenters. The van der Waals surface area contributed by atoms with E-state index in [9.17, 15) is 4.79 Å². The van der Waals surface area contributed by atoms with E-state index in [1.165, 1.54) is 5.57 Å². The van der Waals surface area contributed by atoms with E-state index < -0.39 is 0 Å². The first kappa shape index (κ1) is 19.6. The van der Waals surface area contributed by atoms with Gasteiger partial charge in [-0.1, -0.05) is 24.3 Å². The first-order chi connectivity index (χ1) is 15.2. The summed E-state index contributed by atoms with van der Waals surface area (Å²) in [5, 5.41) is 4.55. The van der Waals surface area contributed by atoms with Gasteiger partial charge in [0.1, 0.15) is 5.65 Å². The fourth-order valence-corrected chi connectivity index (χ4v) is 4.27. The highest BCUT2D eigenvalue weighted by molar-refractivity contribution is 5.94. The van der Waals surface area contributed by atoms with Crippen LogP contribution >= 0.6 is 0 Å². The predicted octanol–water partition coefficient (Wildman–Crippen LogP) is 3.76. The topological polar surface area (TPSA) is 67.5 Å².